The van der Waals surface area contributed by atoms with Gasteiger partial charge in [-0.1, -0.05) is 31.7 Å². The van der Waals surface area contributed by atoms with Gasteiger partial charge in [0.2, 0.25) is 17.8 Å². The highest BCUT2D eigenvalue weighted by Gasteiger charge is 2.17. The van der Waals surface area contributed by atoms with Crippen LogP contribution in [0.5, 0.6) is 0 Å². The summed E-state index contributed by atoms with van der Waals surface area (Å²) >= 11 is 1.61. The number of nitrogens with zero attached hydrogens (tertiary/aromatic N) is 3. The zero-order chi connectivity index (χ0) is 20.1. The molecule has 1 fully saturated rings. The standard InChI is InChI=1S/C19H27N7OS/c1-11(2)10-28-19-25-17(22-14-6-7-21-9-14)24-18(26-19)23-15-8-13(16(20)27)5-4-12(15)3/h4-5,8,11,14,21H,6-7,9-10H2,1-3H3,(H2,20,27)(H2,22,23,24,25,26)/t14-/m0/s1. The van der Waals surface area contributed by atoms with Crippen molar-refractivity contribution in [2.75, 3.05) is 29.5 Å². The van der Waals surface area contributed by atoms with Gasteiger partial charge in [0.25, 0.3) is 0 Å². The lowest BCUT2D eigenvalue weighted by atomic mass is 10.1. The third-order valence-electron chi connectivity index (χ3n) is 4.32. The molecule has 0 radical (unpaired) electrons. The van der Waals surface area contributed by atoms with Crippen molar-refractivity contribution < 1.29 is 4.79 Å². The van der Waals surface area contributed by atoms with Crippen molar-refractivity contribution >= 4 is 35.3 Å². The monoisotopic (exact) mass is 401 g/mol. The number of hydrogen-bond acceptors (Lipinski definition) is 8. The largest absolute Gasteiger partial charge is 0.366 e. The van der Waals surface area contributed by atoms with Gasteiger partial charge in [-0.05, 0) is 43.5 Å². The van der Waals surface area contributed by atoms with Gasteiger partial charge in [0, 0.05) is 29.6 Å². The molecule has 2 aromatic rings. The van der Waals surface area contributed by atoms with Crippen LogP contribution >= 0.6 is 11.8 Å². The number of amides is 1. The van der Waals surface area contributed by atoms with Crippen LogP contribution in [0.2, 0.25) is 0 Å². The van der Waals surface area contributed by atoms with E-state index in [-0.39, 0.29) is 0 Å². The number of carbonyl (C=O) groups is 1. The lowest BCUT2D eigenvalue weighted by Gasteiger charge is -2.15. The van der Waals surface area contributed by atoms with Gasteiger partial charge in [-0.2, -0.15) is 15.0 Å². The molecule has 1 saturated heterocycles. The zero-order valence-electron chi connectivity index (χ0n) is 16.5. The second-order valence-corrected chi connectivity index (χ2v) is 8.31. The summed E-state index contributed by atoms with van der Waals surface area (Å²) in [6.45, 7) is 8.15. The molecule has 1 aromatic heterocycles. The molecule has 1 atom stereocenters. The van der Waals surface area contributed by atoms with E-state index >= 15 is 0 Å². The molecule has 28 heavy (non-hydrogen) atoms. The van der Waals surface area contributed by atoms with Crippen LogP contribution in [0.4, 0.5) is 17.6 Å². The number of primary amides is 1. The van der Waals surface area contributed by atoms with Crippen LogP contribution in [0.25, 0.3) is 0 Å². The Kier molecular flexibility index (Phi) is 6.69. The predicted octanol–water partition coefficient (Wildman–Crippen LogP) is 2.54. The average molecular weight is 402 g/mol. The fraction of sp³-hybridized carbons (Fsp3) is 0.474. The normalized spacial score (nSPS) is 16.4. The number of anilines is 3. The molecule has 1 aromatic carbocycles. The highest BCUT2D eigenvalue weighted by molar-refractivity contribution is 7.99. The SMILES string of the molecule is Cc1ccc(C(N)=O)cc1Nc1nc(N[C@H]2CCNC2)nc(SCC(C)C)n1. The summed E-state index contributed by atoms with van der Waals surface area (Å²) in [7, 11) is 0. The third kappa shape index (κ3) is 5.56. The first kappa shape index (κ1) is 20.3. The smallest absolute Gasteiger partial charge is 0.248 e. The summed E-state index contributed by atoms with van der Waals surface area (Å²) in [5.74, 6) is 1.98. The molecule has 8 nitrogen and oxygen atoms in total. The van der Waals surface area contributed by atoms with Crippen molar-refractivity contribution in [1.82, 2.24) is 20.3 Å². The quantitative estimate of drug-likeness (QED) is 0.499. The Morgan fingerprint density at radius 2 is 2.11 bits per heavy atom. The summed E-state index contributed by atoms with van der Waals surface area (Å²) in [5.41, 5.74) is 7.56. The van der Waals surface area contributed by atoms with Crippen molar-refractivity contribution in [3.63, 3.8) is 0 Å². The average Bonchev–Trinajstić information content (AvgIpc) is 3.14. The minimum atomic E-state index is -0.469. The van der Waals surface area contributed by atoms with Crippen molar-refractivity contribution in [2.45, 2.75) is 38.4 Å². The second-order valence-electron chi connectivity index (χ2n) is 7.32. The predicted molar refractivity (Wildman–Crippen MR) is 113 cm³/mol. The third-order valence-corrected chi connectivity index (χ3v) is 5.60. The maximum Gasteiger partial charge on any atom is 0.248 e. The molecule has 0 spiro atoms. The van der Waals surface area contributed by atoms with Crippen LogP contribution in [0, 0.1) is 12.8 Å². The minimum Gasteiger partial charge on any atom is -0.366 e. The van der Waals surface area contributed by atoms with E-state index < -0.39 is 5.91 Å². The topological polar surface area (TPSA) is 118 Å². The summed E-state index contributed by atoms with van der Waals surface area (Å²) in [4.78, 5) is 25.1. The molecule has 3 rings (SSSR count). The van der Waals surface area contributed by atoms with Crippen LogP contribution in [0.3, 0.4) is 0 Å². The lowest BCUT2D eigenvalue weighted by molar-refractivity contribution is 0.100. The van der Waals surface area contributed by atoms with Gasteiger partial charge in [-0.15, -0.1) is 0 Å². The van der Waals surface area contributed by atoms with Crippen LogP contribution in [-0.4, -0.2) is 45.7 Å². The fourth-order valence-electron chi connectivity index (χ4n) is 2.77. The molecule has 0 unspecified atom stereocenters. The molecular formula is C19H27N7OS. The van der Waals surface area contributed by atoms with E-state index in [0.717, 1.165) is 36.5 Å². The number of rotatable bonds is 8. The van der Waals surface area contributed by atoms with E-state index in [2.05, 4.69) is 44.7 Å². The van der Waals surface area contributed by atoms with E-state index in [4.69, 9.17) is 5.73 Å². The maximum atomic E-state index is 11.5. The van der Waals surface area contributed by atoms with Crippen LogP contribution < -0.4 is 21.7 Å². The lowest BCUT2D eigenvalue weighted by Crippen LogP contribution is -2.24. The van der Waals surface area contributed by atoms with Gasteiger partial charge < -0.3 is 21.7 Å². The maximum absolute atomic E-state index is 11.5. The van der Waals surface area contributed by atoms with E-state index in [9.17, 15) is 4.79 Å². The highest BCUT2D eigenvalue weighted by atomic mass is 32.2. The summed E-state index contributed by atoms with van der Waals surface area (Å²) in [6.07, 6.45) is 1.03. The Balaban J connectivity index is 1.86. The van der Waals surface area contributed by atoms with Gasteiger partial charge in [0.15, 0.2) is 5.16 Å². The van der Waals surface area contributed by atoms with Crippen LogP contribution in [-0.2, 0) is 0 Å². The molecule has 0 saturated carbocycles. The van der Waals surface area contributed by atoms with Gasteiger partial charge in [-0.25, -0.2) is 0 Å². The molecule has 1 aliphatic heterocycles. The fourth-order valence-corrected chi connectivity index (χ4v) is 3.56. The van der Waals surface area contributed by atoms with Crippen molar-refractivity contribution in [1.29, 1.82) is 0 Å². The van der Waals surface area contributed by atoms with Crippen LogP contribution in [0.15, 0.2) is 23.4 Å². The van der Waals surface area contributed by atoms with E-state index in [1.165, 1.54) is 0 Å². The number of thioether (sulfide) groups is 1. The Bertz CT molecular complexity index is 837. The first-order valence-electron chi connectivity index (χ1n) is 9.44. The number of aryl methyl sites for hydroxylation is 1. The Labute approximate surface area is 169 Å². The molecule has 1 aliphatic rings. The molecule has 2 heterocycles. The highest BCUT2D eigenvalue weighted by Crippen LogP contribution is 2.24. The van der Waals surface area contributed by atoms with Crippen molar-refractivity contribution in [2.24, 2.45) is 11.7 Å². The van der Waals surface area contributed by atoms with Gasteiger partial charge in [0.1, 0.15) is 0 Å². The number of benzene rings is 1. The molecule has 9 heteroatoms. The number of hydrogen-bond donors (Lipinski definition) is 4. The molecule has 0 bridgehead atoms. The van der Waals surface area contributed by atoms with Gasteiger partial charge in [-0.3, -0.25) is 4.79 Å². The number of aromatic nitrogens is 3. The number of nitrogens with two attached hydrogens (primary N) is 1. The molecule has 5 N–H and O–H groups in total. The minimum absolute atomic E-state index is 0.304. The molecule has 150 valence electrons. The zero-order valence-corrected chi connectivity index (χ0v) is 17.3. The van der Waals surface area contributed by atoms with E-state index in [0.29, 0.717) is 34.6 Å². The Morgan fingerprint density at radius 3 is 2.79 bits per heavy atom. The van der Waals surface area contributed by atoms with Crippen molar-refractivity contribution in [3.05, 3.63) is 29.3 Å². The first-order chi connectivity index (χ1) is 13.4. The Hall–Kier alpha value is -2.39. The van der Waals surface area contributed by atoms with E-state index in [1.54, 1.807) is 23.9 Å². The van der Waals surface area contributed by atoms with Crippen molar-refractivity contribution in [3.8, 4) is 0 Å². The van der Waals surface area contributed by atoms with Gasteiger partial charge in [0.05, 0.1) is 0 Å². The molecule has 0 aliphatic carbocycles. The Morgan fingerprint density at radius 1 is 1.32 bits per heavy atom. The molecule has 1 amide bonds. The second kappa shape index (κ2) is 9.20. The summed E-state index contributed by atoms with van der Waals surface area (Å²) in [5, 5.41) is 10.6. The summed E-state index contributed by atoms with van der Waals surface area (Å²) < 4.78 is 0. The van der Waals surface area contributed by atoms with Crippen LogP contribution in [0.1, 0.15) is 36.2 Å². The van der Waals surface area contributed by atoms with Gasteiger partial charge >= 0.3 is 0 Å². The summed E-state index contributed by atoms with van der Waals surface area (Å²) in [6, 6.07) is 5.58. The number of carbonyl (C=O) groups excluding carboxylic acids is 1. The van der Waals surface area contributed by atoms with E-state index in [1.807, 2.05) is 13.0 Å². The number of nitrogens with one attached hydrogen (secondary N) is 3. The molecular weight excluding hydrogens is 374 g/mol. The first-order valence-corrected chi connectivity index (χ1v) is 10.4.